The Morgan fingerprint density at radius 3 is 2.55 bits per heavy atom. The largest absolute Gasteiger partial charge is 0.397 e. The summed E-state index contributed by atoms with van der Waals surface area (Å²) in [5, 5.41) is 9.00. The molecule has 4 N–H and O–H groups in total. The van der Waals surface area contributed by atoms with Crippen molar-refractivity contribution in [2.45, 2.75) is 13.8 Å². The zero-order valence-electron chi connectivity index (χ0n) is 11.4. The molecule has 5 nitrogen and oxygen atoms in total. The second-order valence-corrected chi connectivity index (χ2v) is 4.90. The van der Waals surface area contributed by atoms with E-state index in [0.29, 0.717) is 11.5 Å². The fourth-order valence-electron chi connectivity index (χ4n) is 2.34. The van der Waals surface area contributed by atoms with E-state index >= 15 is 0 Å². The Kier molecular flexibility index (Phi) is 2.75. The van der Waals surface area contributed by atoms with Crippen LogP contribution < -0.4 is 11.5 Å². The highest BCUT2D eigenvalue weighted by molar-refractivity contribution is 5.89. The van der Waals surface area contributed by atoms with E-state index < -0.39 is 0 Å². The number of fused-ring (bicyclic) bond motifs is 1. The zero-order chi connectivity index (χ0) is 14.3. The predicted molar refractivity (Wildman–Crippen MR) is 81.1 cm³/mol. The van der Waals surface area contributed by atoms with Gasteiger partial charge in [-0.15, -0.1) is 10.2 Å². The smallest absolute Gasteiger partial charge is 0.146 e. The van der Waals surface area contributed by atoms with E-state index in [-0.39, 0.29) is 0 Å². The van der Waals surface area contributed by atoms with Gasteiger partial charge in [0.15, 0.2) is 0 Å². The highest BCUT2D eigenvalue weighted by Crippen LogP contribution is 2.30. The van der Waals surface area contributed by atoms with Gasteiger partial charge in [0, 0.05) is 17.1 Å². The van der Waals surface area contributed by atoms with Gasteiger partial charge in [-0.25, -0.2) is 0 Å². The highest BCUT2D eigenvalue weighted by atomic mass is 15.1. The second kappa shape index (κ2) is 4.45. The maximum absolute atomic E-state index is 5.93. The van der Waals surface area contributed by atoms with Gasteiger partial charge in [-0.05, 0) is 48.7 Å². The van der Waals surface area contributed by atoms with Crippen molar-refractivity contribution in [2.75, 3.05) is 11.5 Å². The Balaban J connectivity index is 2.29. The number of rotatable bonds is 1. The lowest BCUT2D eigenvalue weighted by atomic mass is 9.98. The molecule has 0 aliphatic heterocycles. The van der Waals surface area contributed by atoms with Gasteiger partial charge in [0.2, 0.25) is 0 Å². The first-order valence-corrected chi connectivity index (χ1v) is 6.30. The minimum Gasteiger partial charge on any atom is -0.397 e. The Bertz CT molecular complexity index is 811. The van der Waals surface area contributed by atoms with Gasteiger partial charge in [-0.1, -0.05) is 0 Å². The highest BCUT2D eigenvalue weighted by Gasteiger charge is 2.09. The SMILES string of the molecule is Cc1c(N)cncc1-c1cc(C)c2nnc(N)cc2c1. The van der Waals surface area contributed by atoms with E-state index in [0.717, 1.165) is 33.2 Å². The van der Waals surface area contributed by atoms with E-state index in [1.54, 1.807) is 6.20 Å². The monoisotopic (exact) mass is 265 g/mol. The summed E-state index contributed by atoms with van der Waals surface area (Å²) in [5.41, 5.74) is 17.3. The molecule has 3 aromatic rings. The van der Waals surface area contributed by atoms with Crippen LogP contribution in [0.25, 0.3) is 22.0 Å². The van der Waals surface area contributed by atoms with Gasteiger partial charge >= 0.3 is 0 Å². The third-order valence-electron chi connectivity index (χ3n) is 3.46. The van der Waals surface area contributed by atoms with Gasteiger partial charge in [0.05, 0.1) is 17.4 Å². The first-order valence-electron chi connectivity index (χ1n) is 6.30. The Morgan fingerprint density at radius 1 is 0.950 bits per heavy atom. The molecule has 1 aromatic carbocycles. The van der Waals surface area contributed by atoms with E-state index in [2.05, 4.69) is 21.2 Å². The predicted octanol–water partition coefficient (Wildman–Crippen LogP) is 2.47. The Labute approximate surface area is 116 Å². The average Bonchev–Trinajstić information content (AvgIpc) is 2.41. The minimum absolute atomic E-state index is 0.413. The Hall–Kier alpha value is -2.69. The van der Waals surface area contributed by atoms with Crippen LogP contribution in [0.2, 0.25) is 0 Å². The molecule has 2 aromatic heterocycles. The van der Waals surface area contributed by atoms with Gasteiger partial charge in [-0.3, -0.25) is 4.98 Å². The average molecular weight is 265 g/mol. The summed E-state index contributed by atoms with van der Waals surface area (Å²) in [7, 11) is 0. The fraction of sp³-hybridized carbons (Fsp3) is 0.133. The van der Waals surface area contributed by atoms with E-state index in [1.807, 2.05) is 32.2 Å². The van der Waals surface area contributed by atoms with Crippen molar-refractivity contribution in [3.05, 3.63) is 41.7 Å². The topological polar surface area (TPSA) is 90.7 Å². The molecule has 2 heterocycles. The van der Waals surface area contributed by atoms with Crippen molar-refractivity contribution in [1.29, 1.82) is 0 Å². The summed E-state index contributed by atoms with van der Waals surface area (Å²) in [4.78, 5) is 4.17. The second-order valence-electron chi connectivity index (χ2n) is 4.90. The maximum atomic E-state index is 5.93. The number of pyridine rings is 1. The van der Waals surface area contributed by atoms with Crippen molar-refractivity contribution < 1.29 is 0 Å². The third kappa shape index (κ3) is 1.93. The first-order chi connectivity index (χ1) is 9.56. The van der Waals surface area contributed by atoms with Gasteiger partial charge in [0.25, 0.3) is 0 Å². The number of anilines is 2. The summed E-state index contributed by atoms with van der Waals surface area (Å²) >= 11 is 0. The third-order valence-corrected chi connectivity index (χ3v) is 3.46. The number of nitrogen functional groups attached to an aromatic ring is 2. The fourth-order valence-corrected chi connectivity index (χ4v) is 2.34. The number of aromatic nitrogens is 3. The molecule has 0 spiro atoms. The maximum Gasteiger partial charge on any atom is 0.146 e. The van der Waals surface area contributed by atoms with Crippen molar-refractivity contribution >= 4 is 22.4 Å². The van der Waals surface area contributed by atoms with E-state index in [9.17, 15) is 0 Å². The van der Waals surface area contributed by atoms with Crippen LogP contribution in [0.3, 0.4) is 0 Å². The van der Waals surface area contributed by atoms with E-state index in [1.165, 1.54) is 0 Å². The molecule has 0 saturated carbocycles. The molecule has 0 aliphatic carbocycles. The molecular weight excluding hydrogens is 250 g/mol. The van der Waals surface area contributed by atoms with E-state index in [4.69, 9.17) is 11.5 Å². The number of aryl methyl sites for hydroxylation is 1. The number of benzene rings is 1. The van der Waals surface area contributed by atoms with Crippen LogP contribution in [-0.2, 0) is 0 Å². The van der Waals surface area contributed by atoms with Crippen molar-refractivity contribution in [2.24, 2.45) is 0 Å². The molecule has 3 rings (SSSR count). The number of nitrogens with zero attached hydrogens (tertiary/aromatic N) is 3. The molecular formula is C15H15N5. The molecule has 100 valence electrons. The lowest BCUT2D eigenvalue weighted by molar-refractivity contribution is 1.08. The molecule has 0 bridgehead atoms. The normalized spacial score (nSPS) is 10.9. The van der Waals surface area contributed by atoms with Crippen LogP contribution >= 0.6 is 0 Å². The van der Waals surface area contributed by atoms with Crippen LogP contribution in [0.4, 0.5) is 11.5 Å². The molecule has 0 amide bonds. The molecule has 0 fully saturated rings. The van der Waals surface area contributed by atoms with Crippen LogP contribution in [0.5, 0.6) is 0 Å². The summed E-state index contributed by atoms with van der Waals surface area (Å²) < 4.78 is 0. The van der Waals surface area contributed by atoms with Crippen LogP contribution in [0.15, 0.2) is 30.6 Å². The Morgan fingerprint density at radius 2 is 1.75 bits per heavy atom. The molecule has 0 unspecified atom stereocenters. The zero-order valence-corrected chi connectivity index (χ0v) is 11.4. The molecule has 0 atom stereocenters. The molecule has 5 heteroatoms. The minimum atomic E-state index is 0.413. The number of nitrogens with two attached hydrogens (primary N) is 2. The van der Waals surface area contributed by atoms with Crippen molar-refractivity contribution in [3.8, 4) is 11.1 Å². The van der Waals surface area contributed by atoms with Gasteiger partial charge in [-0.2, -0.15) is 0 Å². The van der Waals surface area contributed by atoms with Crippen molar-refractivity contribution in [1.82, 2.24) is 15.2 Å². The lowest BCUT2D eigenvalue weighted by Crippen LogP contribution is -1.97. The number of hydrogen-bond donors (Lipinski definition) is 2. The standard InChI is InChI=1S/C15H15N5/c1-8-3-10(12-6-18-7-13(16)9(12)2)4-11-5-14(17)19-20-15(8)11/h3-7H,16H2,1-2H3,(H2,17,19). The molecule has 0 aliphatic rings. The number of hydrogen-bond acceptors (Lipinski definition) is 5. The first kappa shape index (κ1) is 12.3. The van der Waals surface area contributed by atoms with Crippen molar-refractivity contribution in [3.63, 3.8) is 0 Å². The summed E-state index contributed by atoms with van der Waals surface area (Å²) in [6.07, 6.45) is 3.49. The molecule has 0 radical (unpaired) electrons. The molecule has 20 heavy (non-hydrogen) atoms. The summed E-state index contributed by atoms with van der Waals surface area (Å²) in [6, 6.07) is 5.93. The quantitative estimate of drug-likeness (QED) is 0.705. The van der Waals surface area contributed by atoms with Gasteiger partial charge in [0.1, 0.15) is 5.82 Å². The lowest BCUT2D eigenvalue weighted by Gasteiger charge is -2.10. The summed E-state index contributed by atoms with van der Waals surface area (Å²) in [6.45, 7) is 4.00. The van der Waals surface area contributed by atoms with Gasteiger partial charge < -0.3 is 11.5 Å². The van der Waals surface area contributed by atoms with Crippen LogP contribution in [0, 0.1) is 13.8 Å². The van der Waals surface area contributed by atoms with Crippen LogP contribution in [-0.4, -0.2) is 15.2 Å². The summed E-state index contributed by atoms with van der Waals surface area (Å²) in [5.74, 6) is 0.413. The molecule has 0 saturated heterocycles. The van der Waals surface area contributed by atoms with Crippen LogP contribution in [0.1, 0.15) is 11.1 Å².